The lowest BCUT2D eigenvalue weighted by Crippen LogP contribution is -2.04. The van der Waals surface area contributed by atoms with Crippen LogP contribution in [0, 0.1) is 0 Å². The highest BCUT2D eigenvalue weighted by Gasteiger charge is 2.13. The minimum Gasteiger partial charge on any atom is -0.481 e. The van der Waals surface area contributed by atoms with E-state index in [2.05, 4.69) is 34.7 Å². The van der Waals surface area contributed by atoms with Gasteiger partial charge in [0.25, 0.3) is 0 Å². The van der Waals surface area contributed by atoms with Gasteiger partial charge in [0, 0.05) is 24.8 Å². The normalized spacial score (nSPS) is 11.5. The number of hydrogen-bond donors (Lipinski definition) is 1. The topological polar surface area (TPSA) is 68.0 Å². The quantitative estimate of drug-likeness (QED) is 0.308. The van der Waals surface area contributed by atoms with E-state index in [1.165, 1.54) is 55.3 Å². The lowest BCUT2D eigenvalue weighted by Gasteiger charge is -2.10. The van der Waals surface area contributed by atoms with Crippen molar-refractivity contribution in [2.45, 2.75) is 90.5 Å². The number of aryl methyl sites for hydroxylation is 2. The summed E-state index contributed by atoms with van der Waals surface area (Å²) in [6, 6.07) is 8.37. The van der Waals surface area contributed by atoms with E-state index in [1.807, 2.05) is 12.3 Å². The molecule has 5 heteroatoms. The van der Waals surface area contributed by atoms with Crippen molar-refractivity contribution in [3.63, 3.8) is 0 Å². The van der Waals surface area contributed by atoms with E-state index in [0.717, 1.165) is 49.7 Å². The van der Waals surface area contributed by atoms with Gasteiger partial charge in [0.1, 0.15) is 11.3 Å². The van der Waals surface area contributed by atoms with Crippen molar-refractivity contribution in [1.82, 2.24) is 14.5 Å². The maximum absolute atomic E-state index is 10.5. The molecular formula is C25H35N3O2. The van der Waals surface area contributed by atoms with E-state index in [4.69, 9.17) is 10.1 Å². The van der Waals surface area contributed by atoms with Gasteiger partial charge in [-0.15, -0.1) is 0 Å². The van der Waals surface area contributed by atoms with Gasteiger partial charge in [-0.05, 0) is 25.3 Å². The molecule has 0 radical (unpaired) electrons. The first-order chi connectivity index (χ1) is 14.7. The first-order valence-corrected chi connectivity index (χ1v) is 11.7. The third-order valence-electron chi connectivity index (χ3n) is 5.80. The zero-order valence-electron chi connectivity index (χ0n) is 18.3. The van der Waals surface area contributed by atoms with Gasteiger partial charge < -0.3 is 9.67 Å². The van der Waals surface area contributed by atoms with Crippen LogP contribution >= 0.6 is 0 Å². The van der Waals surface area contributed by atoms with E-state index < -0.39 is 5.97 Å². The smallest absolute Gasteiger partial charge is 0.303 e. The largest absolute Gasteiger partial charge is 0.481 e. The molecular weight excluding hydrogens is 374 g/mol. The number of nitrogens with zero attached hydrogens (tertiary/aromatic N) is 3. The Morgan fingerprint density at radius 2 is 1.60 bits per heavy atom. The van der Waals surface area contributed by atoms with Crippen molar-refractivity contribution >= 4 is 27.9 Å². The molecule has 0 aliphatic carbocycles. The number of aliphatic carboxylic acids is 1. The van der Waals surface area contributed by atoms with E-state index >= 15 is 0 Å². The highest BCUT2D eigenvalue weighted by molar-refractivity contribution is 6.02. The predicted molar refractivity (Wildman–Crippen MR) is 123 cm³/mol. The van der Waals surface area contributed by atoms with Crippen LogP contribution in [0.15, 0.2) is 30.5 Å². The number of rotatable bonds is 14. The Kier molecular flexibility index (Phi) is 8.66. The lowest BCUT2D eigenvalue weighted by molar-refractivity contribution is -0.137. The van der Waals surface area contributed by atoms with Gasteiger partial charge in [0.05, 0.1) is 17.2 Å². The lowest BCUT2D eigenvalue weighted by atomic mass is 10.1. The fourth-order valence-electron chi connectivity index (χ4n) is 4.25. The molecule has 0 atom stereocenters. The van der Waals surface area contributed by atoms with E-state index in [-0.39, 0.29) is 0 Å². The fraction of sp³-hybridized carbons (Fsp3) is 0.560. The van der Waals surface area contributed by atoms with Crippen LogP contribution in [0.1, 0.15) is 83.4 Å². The highest BCUT2D eigenvalue weighted by atomic mass is 16.4. The van der Waals surface area contributed by atoms with Crippen molar-refractivity contribution < 1.29 is 9.90 Å². The summed E-state index contributed by atoms with van der Waals surface area (Å²) in [7, 11) is 0. The molecule has 0 spiro atoms. The molecule has 0 saturated heterocycles. The first kappa shape index (κ1) is 22.3. The van der Waals surface area contributed by atoms with Gasteiger partial charge in [0.15, 0.2) is 0 Å². The Hall–Kier alpha value is -2.43. The second kappa shape index (κ2) is 11.7. The minimum atomic E-state index is -0.674. The molecule has 0 fully saturated rings. The van der Waals surface area contributed by atoms with Crippen LogP contribution in [0.5, 0.6) is 0 Å². The molecule has 162 valence electrons. The molecule has 0 aliphatic heterocycles. The summed E-state index contributed by atoms with van der Waals surface area (Å²) in [6.45, 7) is 3.23. The molecule has 3 rings (SSSR count). The predicted octanol–water partition coefficient (Wildman–Crippen LogP) is 6.52. The summed E-state index contributed by atoms with van der Waals surface area (Å²) in [6.07, 6.45) is 14.8. The van der Waals surface area contributed by atoms with Crippen LogP contribution in [0.25, 0.3) is 21.9 Å². The number of aromatic nitrogens is 3. The summed E-state index contributed by atoms with van der Waals surface area (Å²) in [5.41, 5.74) is 3.29. The second-order valence-electron chi connectivity index (χ2n) is 8.26. The zero-order valence-corrected chi connectivity index (χ0v) is 18.3. The average Bonchev–Trinajstić information content (AvgIpc) is 3.09. The van der Waals surface area contributed by atoms with Gasteiger partial charge in [-0.1, -0.05) is 70.1 Å². The summed E-state index contributed by atoms with van der Waals surface area (Å²) in [4.78, 5) is 20.0. The maximum Gasteiger partial charge on any atom is 0.303 e. The number of carbonyl (C=O) groups is 1. The van der Waals surface area contributed by atoms with E-state index in [0.29, 0.717) is 6.42 Å². The number of hydrogen-bond acceptors (Lipinski definition) is 3. The summed E-state index contributed by atoms with van der Waals surface area (Å²) >= 11 is 0. The number of carboxylic acids is 1. The van der Waals surface area contributed by atoms with Gasteiger partial charge in [-0.25, -0.2) is 4.98 Å². The van der Waals surface area contributed by atoms with Crippen LogP contribution in [-0.2, 0) is 17.8 Å². The van der Waals surface area contributed by atoms with Crippen molar-refractivity contribution in [3.8, 4) is 0 Å². The van der Waals surface area contributed by atoms with Crippen molar-refractivity contribution in [1.29, 1.82) is 0 Å². The fourth-order valence-corrected chi connectivity index (χ4v) is 4.25. The average molecular weight is 410 g/mol. The van der Waals surface area contributed by atoms with Crippen LogP contribution in [0.4, 0.5) is 0 Å². The number of imidazole rings is 1. The third-order valence-corrected chi connectivity index (χ3v) is 5.80. The molecule has 5 nitrogen and oxygen atoms in total. The summed E-state index contributed by atoms with van der Waals surface area (Å²) in [5, 5.41) is 9.86. The van der Waals surface area contributed by atoms with Gasteiger partial charge >= 0.3 is 5.97 Å². The Labute approximate surface area is 179 Å². The van der Waals surface area contributed by atoms with Gasteiger partial charge in [-0.3, -0.25) is 9.78 Å². The monoisotopic (exact) mass is 409 g/mol. The molecule has 1 N–H and O–H groups in total. The summed E-state index contributed by atoms with van der Waals surface area (Å²) in [5.74, 6) is 0.513. The van der Waals surface area contributed by atoms with Crippen LogP contribution in [-0.4, -0.2) is 25.6 Å². The van der Waals surface area contributed by atoms with Gasteiger partial charge in [-0.2, -0.15) is 0 Å². The second-order valence-corrected chi connectivity index (χ2v) is 8.26. The van der Waals surface area contributed by atoms with Gasteiger partial charge in [0.2, 0.25) is 0 Å². The number of carboxylic acid groups (broad SMARTS) is 1. The minimum absolute atomic E-state index is 0.314. The number of pyridine rings is 1. The Morgan fingerprint density at radius 1 is 0.933 bits per heavy atom. The Bertz CT molecular complexity index is 948. The van der Waals surface area contributed by atoms with Crippen molar-refractivity contribution in [3.05, 3.63) is 36.3 Å². The van der Waals surface area contributed by atoms with E-state index in [9.17, 15) is 4.79 Å². The molecule has 0 saturated carbocycles. The molecule has 2 aromatic heterocycles. The molecule has 0 bridgehead atoms. The maximum atomic E-state index is 10.5. The first-order valence-electron chi connectivity index (χ1n) is 11.7. The number of benzene rings is 1. The van der Waals surface area contributed by atoms with Crippen molar-refractivity contribution in [2.24, 2.45) is 0 Å². The molecule has 0 unspecified atom stereocenters. The highest BCUT2D eigenvalue weighted by Crippen LogP contribution is 2.26. The SMILES string of the molecule is CCCc1nc2cnc3ccccc3c2n1CCCCCCCCCCCC(=O)O. The molecule has 1 aromatic carbocycles. The van der Waals surface area contributed by atoms with Crippen LogP contribution in [0.3, 0.4) is 0 Å². The molecule has 30 heavy (non-hydrogen) atoms. The molecule has 0 aliphatic rings. The Morgan fingerprint density at radius 3 is 2.30 bits per heavy atom. The Balaban J connectivity index is 1.48. The zero-order chi connectivity index (χ0) is 21.2. The molecule has 0 amide bonds. The third kappa shape index (κ3) is 6.04. The van der Waals surface area contributed by atoms with E-state index in [1.54, 1.807) is 0 Å². The molecule has 3 aromatic rings. The number of unbranched alkanes of at least 4 members (excludes halogenated alkanes) is 8. The van der Waals surface area contributed by atoms with Crippen LogP contribution < -0.4 is 0 Å². The molecule has 2 heterocycles. The number of para-hydroxylation sites is 1. The van der Waals surface area contributed by atoms with Crippen molar-refractivity contribution in [2.75, 3.05) is 0 Å². The summed E-state index contributed by atoms with van der Waals surface area (Å²) < 4.78 is 2.44. The van der Waals surface area contributed by atoms with Crippen LogP contribution in [0.2, 0.25) is 0 Å². The standard InChI is InChI=1S/C25H35N3O2/c1-2-14-23-27-22-19-26-21-16-12-11-15-20(21)25(22)28(23)18-13-9-7-5-3-4-6-8-10-17-24(29)30/h11-12,15-16,19H,2-10,13-14,17-18H2,1H3,(H,29,30). The number of fused-ring (bicyclic) bond motifs is 3.